The second-order valence-electron chi connectivity index (χ2n) is 3.82. The van der Waals surface area contributed by atoms with Crippen LogP contribution in [0, 0.1) is 5.82 Å². The molecule has 0 unspecified atom stereocenters. The van der Waals surface area contributed by atoms with Gasteiger partial charge >= 0.3 is 5.97 Å². The van der Waals surface area contributed by atoms with Gasteiger partial charge in [-0.2, -0.15) is 0 Å². The molecule has 0 atom stereocenters. The average molecular weight is 290 g/mol. The summed E-state index contributed by atoms with van der Waals surface area (Å²) < 4.78 is 42.3. The van der Waals surface area contributed by atoms with Crippen molar-refractivity contribution in [1.82, 2.24) is 0 Å². The van der Waals surface area contributed by atoms with E-state index in [-0.39, 0.29) is 24.3 Å². The van der Waals surface area contributed by atoms with Crippen LogP contribution in [0.25, 0.3) is 0 Å². The van der Waals surface area contributed by atoms with Crippen LogP contribution < -0.4 is 0 Å². The molecule has 0 saturated heterocycles. The van der Waals surface area contributed by atoms with E-state index in [1.165, 1.54) is 0 Å². The van der Waals surface area contributed by atoms with Crippen molar-refractivity contribution in [2.45, 2.75) is 18.2 Å². The molecule has 0 fully saturated rings. The van der Waals surface area contributed by atoms with Crippen LogP contribution >= 0.6 is 0 Å². The smallest absolute Gasteiger partial charge is 0.335 e. The Morgan fingerprint density at radius 2 is 2.11 bits per heavy atom. The second-order valence-corrected chi connectivity index (χ2v) is 5.90. The SMILES string of the molecule is CCOCCCS(=O)(=O)c1ccc(C(=O)O)cc1F. The average Bonchev–Trinajstić information content (AvgIpc) is 2.34. The number of carboxylic acid groups (broad SMARTS) is 1. The van der Waals surface area contributed by atoms with Crippen molar-refractivity contribution in [3.8, 4) is 0 Å². The minimum atomic E-state index is -3.76. The Hall–Kier alpha value is -1.47. The Balaban J connectivity index is 2.87. The summed E-state index contributed by atoms with van der Waals surface area (Å²) in [6.45, 7) is 2.56. The molecule has 0 amide bonds. The Bertz CT molecular complexity index is 553. The van der Waals surface area contributed by atoms with Crippen molar-refractivity contribution in [3.63, 3.8) is 0 Å². The number of halogens is 1. The summed E-state index contributed by atoms with van der Waals surface area (Å²) in [6.07, 6.45) is 0.260. The van der Waals surface area contributed by atoms with Gasteiger partial charge in [-0.1, -0.05) is 0 Å². The van der Waals surface area contributed by atoms with Gasteiger partial charge in [-0.15, -0.1) is 0 Å². The minimum Gasteiger partial charge on any atom is -0.478 e. The lowest BCUT2D eigenvalue weighted by atomic mass is 10.2. The molecule has 0 aromatic heterocycles. The maximum atomic E-state index is 13.6. The van der Waals surface area contributed by atoms with E-state index in [4.69, 9.17) is 9.84 Å². The fraction of sp³-hybridized carbons (Fsp3) is 0.417. The molecule has 106 valence electrons. The predicted molar refractivity (Wildman–Crippen MR) is 66.5 cm³/mol. The summed E-state index contributed by atoms with van der Waals surface area (Å²) in [5, 5.41) is 8.67. The van der Waals surface area contributed by atoms with Crippen molar-refractivity contribution < 1.29 is 27.4 Å². The number of benzene rings is 1. The highest BCUT2D eigenvalue weighted by atomic mass is 32.2. The fourth-order valence-corrected chi connectivity index (χ4v) is 2.84. The molecule has 0 aliphatic heterocycles. The van der Waals surface area contributed by atoms with Gasteiger partial charge in [0, 0.05) is 13.2 Å². The van der Waals surface area contributed by atoms with Crippen LogP contribution in [0.15, 0.2) is 23.1 Å². The number of carbonyl (C=O) groups is 1. The van der Waals surface area contributed by atoms with Crippen LogP contribution in [0.3, 0.4) is 0 Å². The van der Waals surface area contributed by atoms with Crippen LogP contribution in [0.5, 0.6) is 0 Å². The third kappa shape index (κ3) is 4.29. The van der Waals surface area contributed by atoms with Gasteiger partial charge in [-0.25, -0.2) is 17.6 Å². The van der Waals surface area contributed by atoms with Crippen molar-refractivity contribution in [2.24, 2.45) is 0 Å². The molecule has 0 aliphatic carbocycles. The van der Waals surface area contributed by atoms with Gasteiger partial charge in [0.2, 0.25) is 0 Å². The Morgan fingerprint density at radius 3 is 2.63 bits per heavy atom. The third-order valence-electron chi connectivity index (χ3n) is 2.42. The zero-order valence-corrected chi connectivity index (χ0v) is 11.2. The van der Waals surface area contributed by atoms with Crippen LogP contribution in [0.1, 0.15) is 23.7 Å². The molecule has 1 rings (SSSR count). The molecule has 0 spiro atoms. The van der Waals surface area contributed by atoms with Crippen molar-refractivity contribution in [1.29, 1.82) is 0 Å². The Kier molecular flexibility index (Phi) is 5.44. The van der Waals surface area contributed by atoms with E-state index >= 15 is 0 Å². The van der Waals surface area contributed by atoms with Crippen LogP contribution in [0.4, 0.5) is 4.39 Å². The summed E-state index contributed by atoms with van der Waals surface area (Å²) in [5.74, 6) is -2.59. The first-order chi connectivity index (χ1) is 8.88. The Morgan fingerprint density at radius 1 is 1.42 bits per heavy atom. The first-order valence-electron chi connectivity index (χ1n) is 5.72. The van der Waals surface area contributed by atoms with Crippen molar-refractivity contribution in [2.75, 3.05) is 19.0 Å². The monoisotopic (exact) mass is 290 g/mol. The molecule has 0 heterocycles. The second kappa shape index (κ2) is 6.63. The lowest BCUT2D eigenvalue weighted by molar-refractivity contribution is 0.0696. The molecule has 1 aromatic rings. The molecule has 5 nitrogen and oxygen atoms in total. The van der Waals surface area contributed by atoms with E-state index < -0.39 is 26.5 Å². The van der Waals surface area contributed by atoms with E-state index in [1.807, 2.05) is 0 Å². The number of hydrogen-bond donors (Lipinski definition) is 1. The van der Waals surface area contributed by atoms with Gasteiger partial charge in [-0.05, 0) is 31.5 Å². The van der Waals surface area contributed by atoms with Crippen molar-refractivity contribution >= 4 is 15.8 Å². The molecule has 1 aromatic carbocycles. The summed E-state index contributed by atoms with van der Waals surface area (Å²) in [7, 11) is -3.76. The zero-order valence-electron chi connectivity index (χ0n) is 10.4. The van der Waals surface area contributed by atoms with Gasteiger partial charge in [0.1, 0.15) is 10.7 Å². The number of carboxylic acids is 1. The van der Waals surface area contributed by atoms with Crippen LogP contribution in [-0.4, -0.2) is 38.5 Å². The van der Waals surface area contributed by atoms with E-state index in [0.29, 0.717) is 12.7 Å². The fourth-order valence-electron chi connectivity index (χ4n) is 1.49. The maximum Gasteiger partial charge on any atom is 0.335 e. The molecule has 0 radical (unpaired) electrons. The highest BCUT2D eigenvalue weighted by molar-refractivity contribution is 7.91. The van der Waals surface area contributed by atoms with Gasteiger partial charge < -0.3 is 9.84 Å². The highest BCUT2D eigenvalue weighted by Crippen LogP contribution is 2.18. The van der Waals surface area contributed by atoms with E-state index in [2.05, 4.69) is 0 Å². The number of aromatic carboxylic acids is 1. The lowest BCUT2D eigenvalue weighted by Gasteiger charge is -2.06. The molecule has 1 N–H and O–H groups in total. The molecule has 0 bridgehead atoms. The van der Waals surface area contributed by atoms with E-state index in [0.717, 1.165) is 12.1 Å². The Labute approximate surface area is 110 Å². The number of hydrogen-bond acceptors (Lipinski definition) is 4. The summed E-state index contributed by atoms with van der Waals surface area (Å²) in [6, 6.07) is 2.76. The third-order valence-corrected chi connectivity index (χ3v) is 4.25. The minimum absolute atomic E-state index is 0.240. The van der Waals surface area contributed by atoms with Gasteiger partial charge in [-0.3, -0.25) is 0 Å². The summed E-state index contributed by atoms with van der Waals surface area (Å²) in [5.41, 5.74) is -0.286. The largest absolute Gasteiger partial charge is 0.478 e. The normalized spacial score (nSPS) is 11.5. The van der Waals surface area contributed by atoms with Gasteiger partial charge in [0.15, 0.2) is 9.84 Å². The topological polar surface area (TPSA) is 80.7 Å². The first-order valence-corrected chi connectivity index (χ1v) is 7.37. The highest BCUT2D eigenvalue weighted by Gasteiger charge is 2.20. The first kappa shape index (κ1) is 15.6. The lowest BCUT2D eigenvalue weighted by Crippen LogP contribution is -2.12. The summed E-state index contributed by atoms with van der Waals surface area (Å²) >= 11 is 0. The number of ether oxygens (including phenoxy) is 1. The molecule has 7 heteroatoms. The van der Waals surface area contributed by atoms with Gasteiger partial charge in [0.05, 0.1) is 11.3 Å². The van der Waals surface area contributed by atoms with E-state index in [1.54, 1.807) is 6.92 Å². The maximum absolute atomic E-state index is 13.6. The molecular weight excluding hydrogens is 275 g/mol. The zero-order chi connectivity index (χ0) is 14.5. The summed E-state index contributed by atoms with van der Waals surface area (Å²) in [4.78, 5) is 10.1. The standard InChI is InChI=1S/C12H15FO5S/c1-2-18-6-3-7-19(16,17)11-5-4-9(12(14)15)8-10(11)13/h4-5,8H,2-3,6-7H2,1H3,(H,14,15). The molecule has 0 aliphatic rings. The van der Waals surface area contributed by atoms with Crippen LogP contribution in [0.2, 0.25) is 0 Å². The number of sulfone groups is 1. The molecule has 19 heavy (non-hydrogen) atoms. The molecule has 0 saturated carbocycles. The van der Waals surface area contributed by atoms with Crippen molar-refractivity contribution in [3.05, 3.63) is 29.6 Å². The van der Waals surface area contributed by atoms with E-state index in [9.17, 15) is 17.6 Å². The quantitative estimate of drug-likeness (QED) is 0.773. The molecular formula is C12H15FO5S. The number of rotatable bonds is 7. The van der Waals surface area contributed by atoms with Gasteiger partial charge in [0.25, 0.3) is 0 Å². The predicted octanol–water partition coefficient (Wildman–Crippen LogP) is 1.72. The van der Waals surface area contributed by atoms with Crippen LogP contribution in [-0.2, 0) is 14.6 Å².